The van der Waals surface area contributed by atoms with Gasteiger partial charge in [-0.15, -0.1) is 0 Å². The van der Waals surface area contributed by atoms with Crippen LogP contribution in [0, 0.1) is 17.8 Å². The van der Waals surface area contributed by atoms with Crippen LogP contribution in [0.25, 0.3) is 0 Å². The maximum absolute atomic E-state index is 12.1. The molecule has 3 N–H and O–H groups in total. The Morgan fingerprint density at radius 2 is 1.96 bits per heavy atom. The summed E-state index contributed by atoms with van der Waals surface area (Å²) in [4.78, 5) is 24.7. The summed E-state index contributed by atoms with van der Waals surface area (Å²) >= 11 is 5.81. The number of nitrogens with zero attached hydrogens (tertiary/aromatic N) is 2. The molecule has 1 saturated heterocycles. The molecule has 2 rings (SSSR count). The lowest BCUT2D eigenvalue weighted by Gasteiger charge is -2.36. The number of primary amides is 1. The van der Waals surface area contributed by atoms with Crippen LogP contribution >= 0.6 is 11.6 Å². The zero-order valence-corrected chi connectivity index (χ0v) is 13.3. The van der Waals surface area contributed by atoms with Crippen molar-refractivity contribution < 1.29 is 9.59 Å². The molecule has 1 aliphatic heterocycles. The number of urea groups is 1. The van der Waals surface area contributed by atoms with E-state index in [4.69, 9.17) is 17.3 Å². The highest BCUT2D eigenvalue weighted by Gasteiger charge is 2.36. The summed E-state index contributed by atoms with van der Waals surface area (Å²) in [6.45, 7) is 0.723. The van der Waals surface area contributed by atoms with E-state index in [1.165, 1.54) is 11.3 Å². The number of nitrogens with one attached hydrogen (secondary N) is 1. The fourth-order valence-electron chi connectivity index (χ4n) is 2.49. The molecule has 1 fully saturated rings. The average molecular weight is 334 g/mol. The second-order valence-electron chi connectivity index (χ2n) is 5.54. The Morgan fingerprint density at radius 3 is 2.48 bits per heavy atom. The third-order valence-corrected chi connectivity index (χ3v) is 4.19. The van der Waals surface area contributed by atoms with Crippen molar-refractivity contribution in [3.05, 3.63) is 41.3 Å². The van der Waals surface area contributed by atoms with Crippen LogP contribution in [0.5, 0.6) is 0 Å². The summed E-state index contributed by atoms with van der Waals surface area (Å²) in [7, 11) is 0. The van der Waals surface area contributed by atoms with Gasteiger partial charge in [-0.3, -0.25) is 4.79 Å². The normalized spacial score (nSPS) is 16.4. The Kier molecular flexibility index (Phi) is 5.45. The molecule has 0 saturated carbocycles. The Balaban J connectivity index is 1.87. The molecule has 0 atom stereocenters. The predicted molar refractivity (Wildman–Crippen MR) is 86.3 cm³/mol. The second kappa shape index (κ2) is 7.34. The molecule has 23 heavy (non-hydrogen) atoms. The van der Waals surface area contributed by atoms with E-state index >= 15 is 0 Å². The fourth-order valence-corrected chi connectivity index (χ4v) is 2.62. The minimum atomic E-state index is -0.945. The van der Waals surface area contributed by atoms with Crippen LogP contribution in [0.15, 0.2) is 24.3 Å². The molecule has 1 aliphatic rings. The minimum Gasteiger partial charge on any atom is -0.351 e. The Bertz CT molecular complexity index is 616. The van der Waals surface area contributed by atoms with Crippen LogP contribution in [-0.4, -0.2) is 35.5 Å². The Hall–Kier alpha value is -2.26. The number of nitriles is 1. The lowest BCUT2D eigenvalue weighted by atomic mass is 9.88. The summed E-state index contributed by atoms with van der Waals surface area (Å²) < 4.78 is 0. The first kappa shape index (κ1) is 17.1. The summed E-state index contributed by atoms with van der Waals surface area (Å²) in [5.41, 5.74) is 5.23. The Labute approximate surface area is 140 Å². The molecule has 3 amide bonds. The van der Waals surface area contributed by atoms with E-state index < -0.39 is 11.6 Å². The molecule has 1 aromatic carbocycles. The van der Waals surface area contributed by atoms with Crippen molar-refractivity contribution in [3.8, 4) is 6.07 Å². The van der Waals surface area contributed by atoms with Crippen LogP contribution in [0.2, 0.25) is 5.02 Å². The van der Waals surface area contributed by atoms with Crippen molar-refractivity contribution in [2.24, 2.45) is 5.73 Å². The first-order valence-corrected chi connectivity index (χ1v) is 7.67. The quantitative estimate of drug-likeness (QED) is 0.876. The fraction of sp³-hybridized carbons (Fsp3) is 0.375. The molecule has 0 spiro atoms. The zero-order chi connectivity index (χ0) is 16.9. The summed E-state index contributed by atoms with van der Waals surface area (Å²) in [5, 5.41) is 12.8. The highest BCUT2D eigenvalue weighted by Crippen LogP contribution is 2.22. The number of rotatable bonds is 4. The maximum atomic E-state index is 12.1. The highest BCUT2D eigenvalue weighted by atomic mass is 35.5. The third kappa shape index (κ3) is 4.60. The van der Waals surface area contributed by atoms with Gasteiger partial charge in [-0.2, -0.15) is 5.26 Å². The van der Waals surface area contributed by atoms with Gasteiger partial charge in [0.05, 0.1) is 12.5 Å². The molecule has 0 aliphatic carbocycles. The molecule has 0 aromatic heterocycles. The second-order valence-corrected chi connectivity index (χ2v) is 5.98. The van der Waals surface area contributed by atoms with Gasteiger partial charge in [0.2, 0.25) is 5.91 Å². The van der Waals surface area contributed by atoms with Crippen LogP contribution in [-0.2, 0) is 11.2 Å². The van der Waals surface area contributed by atoms with Crippen molar-refractivity contribution in [1.29, 1.82) is 5.26 Å². The summed E-state index contributed by atoms with van der Waals surface area (Å²) in [6, 6.07) is 8.88. The van der Waals surface area contributed by atoms with Crippen LogP contribution in [0.1, 0.15) is 18.4 Å². The maximum Gasteiger partial charge on any atom is 0.314 e. The van der Waals surface area contributed by atoms with Crippen molar-refractivity contribution in [1.82, 2.24) is 10.2 Å². The van der Waals surface area contributed by atoms with E-state index in [2.05, 4.69) is 11.4 Å². The van der Waals surface area contributed by atoms with Crippen molar-refractivity contribution >= 4 is 23.5 Å². The van der Waals surface area contributed by atoms with E-state index in [1.807, 2.05) is 12.1 Å². The largest absolute Gasteiger partial charge is 0.351 e. The lowest BCUT2D eigenvalue weighted by molar-refractivity contribution is -0.119. The van der Waals surface area contributed by atoms with E-state index in [9.17, 15) is 14.9 Å². The van der Waals surface area contributed by atoms with Crippen LogP contribution in [0.3, 0.4) is 0 Å². The number of carbonyl (C=O) groups is 2. The number of piperidine rings is 1. The highest BCUT2D eigenvalue weighted by molar-refractivity contribution is 6.30. The molecule has 0 unspecified atom stereocenters. The topological polar surface area (TPSA) is 99.2 Å². The van der Waals surface area contributed by atoms with Gasteiger partial charge in [-0.1, -0.05) is 23.7 Å². The number of nitrogens with two attached hydrogens (primary N) is 1. The number of hydrogen-bond donors (Lipinski definition) is 2. The lowest BCUT2D eigenvalue weighted by Crippen LogP contribution is -2.56. The molecule has 1 aromatic rings. The first-order valence-electron chi connectivity index (χ1n) is 7.29. The minimum absolute atomic E-state index is 0.297. The number of benzene rings is 1. The summed E-state index contributed by atoms with van der Waals surface area (Å²) in [5.74, 6) is -0.297. The predicted octanol–water partition coefficient (Wildman–Crippen LogP) is 1.64. The van der Waals surface area contributed by atoms with Gasteiger partial charge in [0.1, 0.15) is 5.54 Å². The smallest absolute Gasteiger partial charge is 0.314 e. The van der Waals surface area contributed by atoms with Crippen LogP contribution < -0.4 is 11.1 Å². The van der Waals surface area contributed by atoms with E-state index in [0.717, 1.165) is 5.56 Å². The first-order chi connectivity index (χ1) is 10.9. The molecule has 0 bridgehead atoms. The molecule has 121 valence electrons. The standard InChI is InChI=1S/C16H18ClN4O2/c17-13-4-1-12(2-5-13)3-6-14(22)20-16(11-18)7-9-21(10-8-16)15(19)23/h1-2,4-6H,3,7-10H2,(H2,19,23)(H,20,22). The van der Waals surface area contributed by atoms with Gasteiger partial charge in [0, 0.05) is 31.0 Å². The SMILES string of the molecule is N#CC1(NC(=O)[CH]Cc2ccc(Cl)cc2)CCN(C(N)=O)CC1. The monoisotopic (exact) mass is 333 g/mol. The molecular weight excluding hydrogens is 316 g/mol. The number of carbonyl (C=O) groups excluding carboxylic acids is 2. The van der Waals surface area contributed by atoms with Gasteiger partial charge in [0.15, 0.2) is 0 Å². The van der Waals surface area contributed by atoms with E-state index in [1.54, 1.807) is 12.1 Å². The van der Waals surface area contributed by atoms with E-state index in [-0.39, 0.29) is 5.91 Å². The van der Waals surface area contributed by atoms with Crippen molar-refractivity contribution in [2.75, 3.05) is 13.1 Å². The molecule has 7 heteroatoms. The van der Waals surface area contributed by atoms with E-state index in [0.29, 0.717) is 37.4 Å². The van der Waals surface area contributed by atoms with Gasteiger partial charge in [0.25, 0.3) is 0 Å². The average Bonchev–Trinajstić information content (AvgIpc) is 2.55. The third-order valence-electron chi connectivity index (χ3n) is 3.94. The molecule has 1 radical (unpaired) electrons. The van der Waals surface area contributed by atoms with Crippen LogP contribution in [0.4, 0.5) is 4.79 Å². The number of likely N-dealkylation sites (tertiary alicyclic amines) is 1. The summed E-state index contributed by atoms with van der Waals surface area (Å²) in [6.07, 6.45) is 2.70. The van der Waals surface area contributed by atoms with Crippen molar-refractivity contribution in [3.63, 3.8) is 0 Å². The molecular formula is C16H18ClN4O2. The van der Waals surface area contributed by atoms with Gasteiger partial charge >= 0.3 is 6.03 Å². The zero-order valence-electron chi connectivity index (χ0n) is 12.6. The van der Waals surface area contributed by atoms with Gasteiger partial charge in [-0.25, -0.2) is 4.79 Å². The number of amides is 3. The molecule has 6 nitrogen and oxygen atoms in total. The van der Waals surface area contributed by atoms with Gasteiger partial charge in [-0.05, 0) is 24.1 Å². The van der Waals surface area contributed by atoms with Gasteiger partial charge < -0.3 is 16.0 Å². The number of halogens is 1. The van der Waals surface area contributed by atoms with Crippen molar-refractivity contribution in [2.45, 2.75) is 24.8 Å². The molecule has 1 heterocycles. The number of hydrogen-bond acceptors (Lipinski definition) is 3. The Morgan fingerprint density at radius 1 is 1.35 bits per heavy atom.